The Morgan fingerprint density at radius 3 is 2.55 bits per heavy atom. The van der Waals surface area contributed by atoms with Gasteiger partial charge < -0.3 is 0 Å². The molecule has 2 aromatic heterocycles. The Hall–Kier alpha value is -2.63. The first-order valence-corrected chi connectivity index (χ1v) is 5.77. The van der Waals surface area contributed by atoms with Crippen molar-refractivity contribution in [2.45, 2.75) is 0 Å². The van der Waals surface area contributed by atoms with Crippen LogP contribution in [0, 0.1) is 17.5 Å². The minimum Gasteiger partial charge on any atom is -0.255 e. The van der Waals surface area contributed by atoms with Crippen molar-refractivity contribution in [3.8, 4) is 17.1 Å². The van der Waals surface area contributed by atoms with Crippen LogP contribution in [0.25, 0.3) is 17.1 Å². The van der Waals surface area contributed by atoms with Crippen molar-refractivity contribution in [1.29, 1.82) is 0 Å². The molecule has 20 heavy (non-hydrogen) atoms. The Balaban J connectivity index is 2.07. The van der Waals surface area contributed by atoms with E-state index in [1.807, 2.05) is 0 Å². The zero-order valence-electron chi connectivity index (χ0n) is 10.1. The van der Waals surface area contributed by atoms with Crippen molar-refractivity contribution in [3.05, 3.63) is 66.2 Å². The molecule has 0 amide bonds. The van der Waals surface area contributed by atoms with E-state index in [-0.39, 0.29) is 5.69 Å². The molecule has 100 valence electrons. The van der Waals surface area contributed by atoms with E-state index in [1.165, 1.54) is 6.20 Å². The third kappa shape index (κ3) is 2.16. The van der Waals surface area contributed by atoms with Crippen LogP contribution in [0.5, 0.6) is 0 Å². The van der Waals surface area contributed by atoms with Crippen LogP contribution in [0.4, 0.5) is 13.2 Å². The zero-order chi connectivity index (χ0) is 14.1. The molecule has 0 saturated carbocycles. The van der Waals surface area contributed by atoms with E-state index in [9.17, 15) is 13.2 Å². The lowest BCUT2D eigenvalue weighted by molar-refractivity contribution is 0.488. The molecule has 0 spiro atoms. The summed E-state index contributed by atoms with van der Waals surface area (Å²) < 4.78 is 41.1. The molecule has 1 aromatic carbocycles. The number of benzene rings is 1. The number of halogens is 3. The van der Waals surface area contributed by atoms with Gasteiger partial charge in [0.05, 0.1) is 5.69 Å². The quantitative estimate of drug-likeness (QED) is 0.671. The molecule has 6 heteroatoms. The van der Waals surface area contributed by atoms with Crippen molar-refractivity contribution >= 4 is 0 Å². The number of aromatic nitrogens is 3. The molecule has 3 aromatic rings. The molecule has 0 bridgehead atoms. The largest absolute Gasteiger partial charge is 0.255 e. The molecule has 0 unspecified atom stereocenters. The summed E-state index contributed by atoms with van der Waals surface area (Å²) in [5, 5.41) is 4.07. The van der Waals surface area contributed by atoms with E-state index < -0.39 is 17.5 Å². The first-order valence-electron chi connectivity index (χ1n) is 5.77. The van der Waals surface area contributed by atoms with Crippen LogP contribution in [0.3, 0.4) is 0 Å². The molecule has 3 nitrogen and oxygen atoms in total. The van der Waals surface area contributed by atoms with E-state index in [4.69, 9.17) is 0 Å². The highest BCUT2D eigenvalue weighted by molar-refractivity contribution is 5.53. The summed E-state index contributed by atoms with van der Waals surface area (Å²) >= 11 is 0. The number of nitrogens with zero attached hydrogens (tertiary/aromatic N) is 3. The highest BCUT2D eigenvalue weighted by Gasteiger charge is 2.14. The van der Waals surface area contributed by atoms with Crippen LogP contribution in [0.2, 0.25) is 0 Å². The molecule has 0 saturated heterocycles. The van der Waals surface area contributed by atoms with E-state index in [0.717, 1.165) is 10.7 Å². The van der Waals surface area contributed by atoms with Gasteiger partial charge in [-0.2, -0.15) is 5.10 Å². The van der Waals surface area contributed by atoms with Crippen LogP contribution in [-0.2, 0) is 0 Å². The molecule has 0 aliphatic carbocycles. The van der Waals surface area contributed by atoms with Crippen LogP contribution >= 0.6 is 0 Å². The average molecular weight is 275 g/mol. The second-order valence-electron chi connectivity index (χ2n) is 4.08. The van der Waals surface area contributed by atoms with Gasteiger partial charge in [0, 0.05) is 24.5 Å². The SMILES string of the molecule is Fc1cc(F)c(F)c(-n2ccc(-c3ccccn3)n2)c1. The molecule has 3 rings (SSSR count). The van der Waals surface area contributed by atoms with E-state index in [2.05, 4.69) is 10.1 Å². The lowest BCUT2D eigenvalue weighted by Gasteiger charge is -2.04. The van der Waals surface area contributed by atoms with Gasteiger partial charge in [-0.05, 0) is 18.2 Å². The maximum Gasteiger partial charge on any atom is 0.184 e. The van der Waals surface area contributed by atoms with Crippen LogP contribution in [-0.4, -0.2) is 14.8 Å². The summed E-state index contributed by atoms with van der Waals surface area (Å²) in [4.78, 5) is 4.10. The van der Waals surface area contributed by atoms with E-state index >= 15 is 0 Å². The number of hydrogen-bond donors (Lipinski definition) is 0. The normalized spacial score (nSPS) is 10.8. The number of pyridine rings is 1. The van der Waals surface area contributed by atoms with E-state index in [1.54, 1.807) is 30.5 Å². The Labute approximate surface area is 112 Å². The summed E-state index contributed by atoms with van der Waals surface area (Å²) in [7, 11) is 0. The lowest BCUT2D eigenvalue weighted by atomic mass is 10.3. The van der Waals surface area contributed by atoms with Gasteiger partial charge in [0.15, 0.2) is 11.6 Å². The van der Waals surface area contributed by atoms with Gasteiger partial charge in [-0.3, -0.25) is 4.98 Å². The topological polar surface area (TPSA) is 30.7 Å². The van der Waals surface area contributed by atoms with Crippen molar-refractivity contribution in [2.75, 3.05) is 0 Å². The summed E-state index contributed by atoms with van der Waals surface area (Å²) in [5.41, 5.74) is 0.780. The molecule has 0 aliphatic heterocycles. The predicted octanol–water partition coefficient (Wildman–Crippen LogP) is 3.35. The third-order valence-corrected chi connectivity index (χ3v) is 2.74. The monoisotopic (exact) mass is 275 g/mol. The summed E-state index contributed by atoms with van der Waals surface area (Å²) in [6.07, 6.45) is 3.01. The minimum atomic E-state index is -1.25. The molecule has 0 fully saturated rings. The van der Waals surface area contributed by atoms with Gasteiger partial charge in [0.25, 0.3) is 0 Å². The van der Waals surface area contributed by atoms with Gasteiger partial charge in [-0.1, -0.05) is 6.07 Å². The van der Waals surface area contributed by atoms with Crippen LogP contribution in [0.1, 0.15) is 0 Å². The summed E-state index contributed by atoms with van der Waals surface area (Å²) in [6, 6.07) is 8.22. The number of hydrogen-bond acceptors (Lipinski definition) is 2. The second kappa shape index (κ2) is 4.80. The molecule has 0 N–H and O–H groups in total. The van der Waals surface area contributed by atoms with Gasteiger partial charge in [0.2, 0.25) is 0 Å². The highest BCUT2D eigenvalue weighted by atomic mass is 19.2. The smallest absolute Gasteiger partial charge is 0.184 e. The lowest BCUT2D eigenvalue weighted by Crippen LogP contribution is -2.02. The van der Waals surface area contributed by atoms with Crippen molar-refractivity contribution in [1.82, 2.24) is 14.8 Å². The van der Waals surface area contributed by atoms with Crippen molar-refractivity contribution in [3.63, 3.8) is 0 Å². The first-order chi connectivity index (χ1) is 9.65. The molecule has 0 aliphatic rings. The fourth-order valence-corrected chi connectivity index (χ4v) is 1.82. The van der Waals surface area contributed by atoms with Crippen LogP contribution < -0.4 is 0 Å². The second-order valence-corrected chi connectivity index (χ2v) is 4.08. The van der Waals surface area contributed by atoms with Crippen molar-refractivity contribution in [2.24, 2.45) is 0 Å². The maximum absolute atomic E-state index is 13.7. The predicted molar refractivity (Wildman–Crippen MR) is 66.7 cm³/mol. The van der Waals surface area contributed by atoms with Crippen molar-refractivity contribution < 1.29 is 13.2 Å². The number of rotatable bonds is 2. The zero-order valence-corrected chi connectivity index (χ0v) is 10.1. The highest BCUT2D eigenvalue weighted by Crippen LogP contribution is 2.20. The summed E-state index contributed by atoms with van der Waals surface area (Å²) in [6.45, 7) is 0. The molecule has 2 heterocycles. The standard InChI is InChI=1S/C14H8F3N3/c15-9-7-10(16)14(17)13(8-9)20-6-4-12(19-20)11-3-1-2-5-18-11/h1-8H. The molecule has 0 atom stereocenters. The average Bonchev–Trinajstić information content (AvgIpc) is 2.93. The summed E-state index contributed by atoms with van der Waals surface area (Å²) in [5.74, 6) is -3.27. The Bertz CT molecular complexity index is 754. The van der Waals surface area contributed by atoms with Crippen LogP contribution in [0.15, 0.2) is 48.8 Å². The first kappa shape index (κ1) is 12.4. The third-order valence-electron chi connectivity index (χ3n) is 2.74. The van der Waals surface area contributed by atoms with Gasteiger partial charge in [-0.25, -0.2) is 17.9 Å². The molecular formula is C14H8F3N3. The van der Waals surface area contributed by atoms with Gasteiger partial charge >= 0.3 is 0 Å². The maximum atomic E-state index is 13.7. The van der Waals surface area contributed by atoms with E-state index in [0.29, 0.717) is 17.5 Å². The Kier molecular flexibility index (Phi) is 2.98. The fraction of sp³-hybridized carbons (Fsp3) is 0. The fourth-order valence-electron chi connectivity index (χ4n) is 1.82. The Morgan fingerprint density at radius 1 is 0.950 bits per heavy atom. The molecular weight excluding hydrogens is 267 g/mol. The van der Waals surface area contributed by atoms with Gasteiger partial charge in [0.1, 0.15) is 17.2 Å². The van der Waals surface area contributed by atoms with Gasteiger partial charge in [-0.15, -0.1) is 0 Å². The minimum absolute atomic E-state index is 0.287. The Morgan fingerprint density at radius 2 is 1.80 bits per heavy atom. The molecule has 0 radical (unpaired) electrons.